The molecule has 0 spiro atoms. The first kappa shape index (κ1) is 37.1. The molecule has 0 heterocycles. The maximum atomic E-state index is 11.5. The second-order valence-electron chi connectivity index (χ2n) is 10.5. The molecule has 0 aliphatic heterocycles. The highest BCUT2D eigenvalue weighted by Gasteiger charge is 2.02. The quantitative estimate of drug-likeness (QED) is 0.0877. The molecule has 1 N–H and O–H groups in total. The molecule has 0 fully saturated rings. The maximum Gasteiger partial charge on any atom is 0.305 e. The van der Waals surface area contributed by atoms with Crippen LogP contribution >= 0.6 is 0 Å². The smallest absolute Gasteiger partial charge is 0.305 e. The fourth-order valence-electron chi connectivity index (χ4n) is 4.31. The lowest BCUT2D eigenvalue weighted by Crippen LogP contribution is -2.05. The Balaban J connectivity index is 0. The van der Waals surface area contributed by atoms with Gasteiger partial charge in [-0.15, -0.1) is 0 Å². The number of esters is 1. The minimum atomic E-state index is -0.675. The van der Waals surface area contributed by atoms with Crippen molar-refractivity contribution in [3.63, 3.8) is 0 Å². The van der Waals surface area contributed by atoms with Gasteiger partial charge in [0.1, 0.15) is 0 Å². The molecule has 4 heteroatoms. The van der Waals surface area contributed by atoms with Gasteiger partial charge >= 0.3 is 11.9 Å². The highest BCUT2D eigenvalue weighted by atomic mass is 16.5. The standard InChI is InChI=1S/C25H50O2.C7H14O2/c1-3-5-7-9-10-11-12-13-14-15-16-17-18-19-20-22-24-27-25(26)23-21-8-6-4-2;1-2-3-4-5-6-7(8)9/h3-24H2,1-2H3;2-6H2,1H3,(H,8,9). The van der Waals surface area contributed by atoms with E-state index in [1.165, 1.54) is 116 Å². The third-order valence-electron chi connectivity index (χ3n) is 6.74. The maximum absolute atomic E-state index is 11.5. The van der Waals surface area contributed by atoms with Gasteiger partial charge in [-0.25, -0.2) is 0 Å². The fraction of sp³-hybridized carbons (Fsp3) is 0.938. The van der Waals surface area contributed by atoms with Crippen molar-refractivity contribution in [2.45, 2.75) is 188 Å². The molecule has 216 valence electrons. The van der Waals surface area contributed by atoms with Gasteiger partial charge < -0.3 is 9.84 Å². The van der Waals surface area contributed by atoms with E-state index in [0.29, 0.717) is 19.4 Å². The lowest BCUT2D eigenvalue weighted by Gasteiger charge is -2.05. The largest absolute Gasteiger partial charge is 0.481 e. The molecule has 0 atom stereocenters. The number of carbonyl (C=O) groups excluding carboxylic acids is 1. The molecule has 0 radical (unpaired) electrons. The van der Waals surface area contributed by atoms with E-state index >= 15 is 0 Å². The van der Waals surface area contributed by atoms with Crippen molar-refractivity contribution >= 4 is 11.9 Å². The van der Waals surface area contributed by atoms with Gasteiger partial charge in [0.2, 0.25) is 0 Å². The van der Waals surface area contributed by atoms with Crippen molar-refractivity contribution in [1.82, 2.24) is 0 Å². The molecule has 0 aromatic carbocycles. The Morgan fingerprint density at radius 2 is 0.750 bits per heavy atom. The molecule has 0 saturated carbocycles. The minimum absolute atomic E-state index is 0.00654. The van der Waals surface area contributed by atoms with Gasteiger partial charge in [0, 0.05) is 12.8 Å². The number of hydrogen-bond acceptors (Lipinski definition) is 3. The number of carboxylic acids is 1. The number of hydrogen-bond donors (Lipinski definition) is 1. The Morgan fingerprint density at radius 3 is 1.11 bits per heavy atom. The van der Waals surface area contributed by atoms with Crippen molar-refractivity contribution in [3.8, 4) is 0 Å². The summed E-state index contributed by atoms with van der Waals surface area (Å²) in [7, 11) is 0. The summed E-state index contributed by atoms with van der Waals surface area (Å²) in [5, 5.41) is 8.21. The van der Waals surface area contributed by atoms with Crippen molar-refractivity contribution in [2.24, 2.45) is 0 Å². The molecule has 36 heavy (non-hydrogen) atoms. The number of unbranched alkanes of at least 4 members (excludes halogenated alkanes) is 21. The van der Waals surface area contributed by atoms with Crippen LogP contribution < -0.4 is 0 Å². The van der Waals surface area contributed by atoms with Gasteiger partial charge in [-0.2, -0.15) is 0 Å². The number of aliphatic carboxylic acids is 1. The van der Waals surface area contributed by atoms with Gasteiger partial charge in [0.05, 0.1) is 6.61 Å². The second kappa shape index (κ2) is 33.9. The molecule has 0 amide bonds. The zero-order chi connectivity index (χ0) is 27.0. The van der Waals surface area contributed by atoms with Gasteiger partial charge in [-0.05, 0) is 19.3 Å². The van der Waals surface area contributed by atoms with Crippen molar-refractivity contribution < 1.29 is 19.4 Å². The van der Waals surface area contributed by atoms with Crippen LogP contribution in [0.4, 0.5) is 0 Å². The molecule has 0 rings (SSSR count). The third kappa shape index (κ3) is 37.5. The second-order valence-corrected chi connectivity index (χ2v) is 10.5. The molecule has 0 aromatic heterocycles. The van der Waals surface area contributed by atoms with Crippen molar-refractivity contribution in [3.05, 3.63) is 0 Å². The predicted octanol–water partition coefficient (Wildman–Crippen LogP) is 10.8. The first-order valence-corrected chi connectivity index (χ1v) is 16.0. The SMILES string of the molecule is CCCCCCC(=O)O.CCCCCCCCCCCCCCCCCCOC(=O)CCCCCC. The Hall–Kier alpha value is -1.06. The molecular weight excluding hydrogens is 448 g/mol. The van der Waals surface area contributed by atoms with Crippen LogP contribution in [-0.2, 0) is 14.3 Å². The molecule has 0 saturated heterocycles. The van der Waals surface area contributed by atoms with Crippen LogP contribution in [0.1, 0.15) is 188 Å². The summed E-state index contributed by atoms with van der Waals surface area (Å²) in [6, 6.07) is 0. The fourth-order valence-corrected chi connectivity index (χ4v) is 4.31. The summed E-state index contributed by atoms with van der Waals surface area (Å²) >= 11 is 0. The Morgan fingerprint density at radius 1 is 0.444 bits per heavy atom. The van der Waals surface area contributed by atoms with Crippen molar-refractivity contribution in [2.75, 3.05) is 6.61 Å². The summed E-state index contributed by atoms with van der Waals surface area (Å²) in [6.07, 6.45) is 31.8. The number of ether oxygens (including phenoxy) is 1. The number of carboxylic acid groups (broad SMARTS) is 1. The van der Waals surface area contributed by atoms with E-state index in [2.05, 4.69) is 20.8 Å². The van der Waals surface area contributed by atoms with Gasteiger partial charge in [-0.3, -0.25) is 9.59 Å². The van der Waals surface area contributed by atoms with E-state index in [4.69, 9.17) is 9.84 Å². The normalized spacial score (nSPS) is 10.6. The zero-order valence-corrected chi connectivity index (χ0v) is 24.8. The number of carbonyl (C=O) groups is 2. The molecular formula is C32H64O4. The van der Waals surface area contributed by atoms with E-state index in [1.54, 1.807) is 0 Å². The summed E-state index contributed by atoms with van der Waals surface area (Å²) in [5.41, 5.74) is 0. The van der Waals surface area contributed by atoms with E-state index in [-0.39, 0.29) is 5.97 Å². The summed E-state index contributed by atoms with van der Waals surface area (Å²) in [4.78, 5) is 21.5. The lowest BCUT2D eigenvalue weighted by molar-refractivity contribution is -0.144. The van der Waals surface area contributed by atoms with Gasteiger partial charge in [0.15, 0.2) is 0 Å². The minimum Gasteiger partial charge on any atom is -0.481 e. The van der Waals surface area contributed by atoms with Crippen LogP contribution in [0.2, 0.25) is 0 Å². The Bertz CT molecular complexity index is 436. The van der Waals surface area contributed by atoms with E-state index in [0.717, 1.165) is 38.5 Å². The van der Waals surface area contributed by atoms with Gasteiger partial charge in [0.25, 0.3) is 0 Å². The average Bonchev–Trinajstić information content (AvgIpc) is 2.86. The van der Waals surface area contributed by atoms with Crippen LogP contribution in [0.5, 0.6) is 0 Å². The molecule has 0 unspecified atom stereocenters. The van der Waals surface area contributed by atoms with Crippen LogP contribution in [-0.4, -0.2) is 23.7 Å². The molecule has 0 aliphatic rings. The average molecular weight is 513 g/mol. The lowest BCUT2D eigenvalue weighted by atomic mass is 10.0. The highest BCUT2D eigenvalue weighted by Crippen LogP contribution is 2.14. The third-order valence-corrected chi connectivity index (χ3v) is 6.74. The highest BCUT2D eigenvalue weighted by molar-refractivity contribution is 5.69. The van der Waals surface area contributed by atoms with Crippen LogP contribution in [0, 0.1) is 0 Å². The van der Waals surface area contributed by atoms with Crippen LogP contribution in [0.3, 0.4) is 0 Å². The van der Waals surface area contributed by atoms with E-state index in [1.807, 2.05) is 0 Å². The number of rotatable bonds is 27. The zero-order valence-electron chi connectivity index (χ0n) is 24.8. The van der Waals surface area contributed by atoms with E-state index < -0.39 is 5.97 Å². The predicted molar refractivity (Wildman–Crippen MR) is 156 cm³/mol. The van der Waals surface area contributed by atoms with Crippen molar-refractivity contribution in [1.29, 1.82) is 0 Å². The summed E-state index contributed by atoms with van der Waals surface area (Å²) < 4.78 is 5.30. The Labute approximate surface area is 225 Å². The molecule has 0 bridgehead atoms. The monoisotopic (exact) mass is 512 g/mol. The molecule has 0 aliphatic carbocycles. The topological polar surface area (TPSA) is 63.6 Å². The first-order valence-electron chi connectivity index (χ1n) is 16.0. The van der Waals surface area contributed by atoms with Gasteiger partial charge in [-0.1, -0.05) is 156 Å². The Kier molecular flexibility index (Phi) is 35.0. The summed E-state index contributed by atoms with van der Waals surface area (Å²) in [6.45, 7) is 7.22. The molecule has 0 aromatic rings. The first-order chi connectivity index (χ1) is 17.6. The van der Waals surface area contributed by atoms with Crippen LogP contribution in [0.15, 0.2) is 0 Å². The summed E-state index contributed by atoms with van der Waals surface area (Å²) in [5.74, 6) is -0.668. The van der Waals surface area contributed by atoms with Crippen LogP contribution in [0.25, 0.3) is 0 Å². The molecule has 4 nitrogen and oxygen atoms in total. The van der Waals surface area contributed by atoms with E-state index in [9.17, 15) is 9.59 Å².